The Bertz CT molecular complexity index is 162. The second-order valence-electron chi connectivity index (χ2n) is 2.08. The van der Waals surface area contributed by atoms with Crippen LogP contribution in [0.4, 0.5) is 0 Å². The van der Waals surface area contributed by atoms with Crippen molar-refractivity contribution in [2.45, 2.75) is 27.7 Å². The molecule has 0 aromatic heterocycles. The van der Waals surface area contributed by atoms with Crippen LogP contribution in [-0.4, -0.2) is 61.9 Å². The zero-order valence-corrected chi connectivity index (χ0v) is 12.0. The monoisotopic (exact) mass is 314 g/mol. The second kappa shape index (κ2) is 23.9. The fourth-order valence-corrected chi connectivity index (χ4v) is 0. The zero-order chi connectivity index (χ0) is 14.3. The quantitative estimate of drug-likeness (QED) is 0.456. The van der Waals surface area contributed by atoms with Gasteiger partial charge in [0.1, 0.15) is 0 Å². The maximum absolute atomic E-state index is 9.00. The van der Waals surface area contributed by atoms with Crippen LogP contribution in [0.5, 0.6) is 0 Å². The molecule has 0 saturated heterocycles. The topological polar surface area (TPSA) is 149 Å². The summed E-state index contributed by atoms with van der Waals surface area (Å²) in [6.45, 7) is 4.33. The molecular weight excluding hydrogens is 297 g/mol. The fraction of sp³-hybridized carbons (Fsp3) is 0.500. The predicted octanol–water partition coefficient (Wildman–Crippen LogP) is -0.0172. The largest absolute Gasteiger partial charge is 0.481 e. The normalized spacial score (nSPS) is 5.88. The Labute approximate surface area is 109 Å². The minimum atomic E-state index is -0.833. The van der Waals surface area contributed by atoms with Crippen LogP contribution in [0.25, 0.3) is 0 Å². The first-order valence-corrected chi connectivity index (χ1v) is 3.71. The number of hydrogen-bond donors (Lipinski definition) is 4. The minimum absolute atomic E-state index is 0. The smallest absolute Gasteiger partial charge is 0.300 e. The molecule has 100 valence electrons. The maximum Gasteiger partial charge on any atom is 0.300 e. The summed E-state index contributed by atoms with van der Waals surface area (Å²) in [6.07, 6.45) is 0. The number of carboxylic acids is 4. The van der Waals surface area contributed by atoms with Gasteiger partial charge in [0, 0.05) is 45.3 Å². The van der Waals surface area contributed by atoms with Gasteiger partial charge >= 0.3 is 0 Å². The van der Waals surface area contributed by atoms with Crippen molar-refractivity contribution in [1.29, 1.82) is 0 Å². The molecule has 0 spiro atoms. The van der Waals surface area contributed by atoms with Crippen LogP contribution in [-0.2, 0) is 19.2 Å². The van der Waals surface area contributed by atoms with Gasteiger partial charge in [0.25, 0.3) is 23.9 Å². The summed E-state index contributed by atoms with van der Waals surface area (Å²) in [5, 5.41) is 29.7. The van der Waals surface area contributed by atoms with Crippen LogP contribution in [0.1, 0.15) is 27.7 Å². The van der Waals surface area contributed by atoms with E-state index in [4.69, 9.17) is 39.6 Å². The van der Waals surface area contributed by atoms with Crippen LogP contribution in [0.15, 0.2) is 0 Å². The second-order valence-corrected chi connectivity index (χ2v) is 2.08. The van der Waals surface area contributed by atoms with Gasteiger partial charge in [0.05, 0.1) is 0 Å². The molecule has 0 atom stereocenters. The fourth-order valence-electron chi connectivity index (χ4n) is 0. The molecule has 0 rings (SSSR count). The summed E-state index contributed by atoms with van der Waals surface area (Å²) in [6, 6.07) is 0. The molecule has 0 unspecified atom stereocenters. The van der Waals surface area contributed by atoms with Gasteiger partial charge in [-0.1, -0.05) is 0 Å². The molecule has 0 fully saturated rings. The molecule has 4 radical (unpaired) electrons. The SMILES string of the molecule is CC(=O)O.CC(=O)O.CC(=O)O.CC(=O)O.[Ge]. The summed E-state index contributed by atoms with van der Waals surface area (Å²) >= 11 is 0. The number of rotatable bonds is 0. The third-order valence-corrected chi connectivity index (χ3v) is 0. The maximum atomic E-state index is 9.00. The molecule has 0 heterocycles. The van der Waals surface area contributed by atoms with Crippen molar-refractivity contribution in [3.8, 4) is 0 Å². The van der Waals surface area contributed by atoms with E-state index < -0.39 is 23.9 Å². The Morgan fingerprint density at radius 3 is 0.529 bits per heavy atom. The van der Waals surface area contributed by atoms with E-state index in [0.717, 1.165) is 27.7 Å². The van der Waals surface area contributed by atoms with Gasteiger partial charge in [-0.15, -0.1) is 0 Å². The molecule has 0 aromatic rings. The van der Waals surface area contributed by atoms with Gasteiger partial charge in [-0.3, -0.25) is 19.2 Å². The Kier molecular flexibility index (Phi) is 41.6. The number of carboxylic acid groups (broad SMARTS) is 4. The van der Waals surface area contributed by atoms with E-state index in [1.807, 2.05) is 0 Å². The van der Waals surface area contributed by atoms with E-state index in [9.17, 15) is 0 Å². The first-order valence-electron chi connectivity index (χ1n) is 3.71. The number of carbonyl (C=O) groups is 4. The molecule has 8 nitrogen and oxygen atoms in total. The first-order chi connectivity index (χ1) is 6.93. The van der Waals surface area contributed by atoms with Crippen LogP contribution >= 0.6 is 0 Å². The molecule has 0 aliphatic heterocycles. The third kappa shape index (κ3) is 895. The average molecular weight is 313 g/mol. The van der Waals surface area contributed by atoms with Crippen molar-refractivity contribution in [3.63, 3.8) is 0 Å². The van der Waals surface area contributed by atoms with E-state index in [1.54, 1.807) is 0 Å². The Balaban J connectivity index is -0.0000000369. The van der Waals surface area contributed by atoms with Crippen molar-refractivity contribution in [2.24, 2.45) is 0 Å². The molecule has 0 aliphatic rings. The Morgan fingerprint density at radius 2 is 0.529 bits per heavy atom. The molecule has 4 N–H and O–H groups in total. The van der Waals surface area contributed by atoms with E-state index in [-0.39, 0.29) is 17.6 Å². The summed E-state index contributed by atoms with van der Waals surface area (Å²) in [5.74, 6) is -3.33. The van der Waals surface area contributed by atoms with Gasteiger partial charge in [0.15, 0.2) is 0 Å². The van der Waals surface area contributed by atoms with E-state index in [2.05, 4.69) is 0 Å². The van der Waals surface area contributed by atoms with E-state index >= 15 is 0 Å². The van der Waals surface area contributed by atoms with Crippen LogP contribution in [0, 0.1) is 0 Å². The van der Waals surface area contributed by atoms with Gasteiger partial charge in [-0.25, -0.2) is 0 Å². The van der Waals surface area contributed by atoms with Crippen LogP contribution < -0.4 is 0 Å². The van der Waals surface area contributed by atoms with Crippen molar-refractivity contribution >= 4 is 41.5 Å². The van der Waals surface area contributed by atoms with E-state index in [0.29, 0.717) is 0 Å². The molecule has 0 bridgehead atoms. The standard InChI is InChI=1S/4C2H4O2.Ge/c4*1-2(3)4;/h4*1H3,(H,3,4);. The molecule has 0 saturated carbocycles. The third-order valence-electron chi connectivity index (χ3n) is 0. The average Bonchev–Trinajstić information content (AvgIpc) is 1.76. The Morgan fingerprint density at radius 1 is 0.529 bits per heavy atom. The van der Waals surface area contributed by atoms with Gasteiger partial charge in [0.2, 0.25) is 0 Å². The summed E-state index contributed by atoms with van der Waals surface area (Å²) in [5.41, 5.74) is 0. The van der Waals surface area contributed by atoms with Crippen molar-refractivity contribution < 1.29 is 39.6 Å². The van der Waals surface area contributed by atoms with Crippen molar-refractivity contribution in [2.75, 3.05) is 0 Å². The first kappa shape index (κ1) is 29.5. The molecule has 17 heavy (non-hydrogen) atoms. The minimum Gasteiger partial charge on any atom is -0.481 e. The summed E-state index contributed by atoms with van der Waals surface area (Å²) in [4.78, 5) is 36.0. The van der Waals surface area contributed by atoms with Gasteiger partial charge in [-0.2, -0.15) is 0 Å². The summed E-state index contributed by atoms with van der Waals surface area (Å²) in [7, 11) is 0. The molecular formula is C8H16GeO8. The molecule has 0 aliphatic carbocycles. The van der Waals surface area contributed by atoms with Gasteiger partial charge < -0.3 is 20.4 Å². The zero-order valence-electron chi connectivity index (χ0n) is 9.92. The number of hydrogen-bond acceptors (Lipinski definition) is 4. The summed E-state index contributed by atoms with van der Waals surface area (Å²) < 4.78 is 0. The van der Waals surface area contributed by atoms with Crippen molar-refractivity contribution in [3.05, 3.63) is 0 Å². The molecule has 0 amide bonds. The molecule has 0 aromatic carbocycles. The van der Waals surface area contributed by atoms with Crippen molar-refractivity contribution in [1.82, 2.24) is 0 Å². The van der Waals surface area contributed by atoms with Gasteiger partial charge in [-0.05, 0) is 0 Å². The Hall–Kier alpha value is -1.58. The van der Waals surface area contributed by atoms with Crippen LogP contribution in [0.3, 0.4) is 0 Å². The predicted molar refractivity (Wildman–Crippen MR) is 59.0 cm³/mol. The van der Waals surface area contributed by atoms with E-state index in [1.165, 1.54) is 0 Å². The number of aliphatic carboxylic acids is 4. The van der Waals surface area contributed by atoms with Crippen LogP contribution in [0.2, 0.25) is 0 Å². The molecule has 9 heteroatoms.